The van der Waals surface area contributed by atoms with E-state index in [0.29, 0.717) is 11.4 Å². The van der Waals surface area contributed by atoms with E-state index in [1.807, 2.05) is 6.07 Å². The number of amides is 1. The highest BCUT2D eigenvalue weighted by Crippen LogP contribution is 2.12. The Morgan fingerprint density at radius 2 is 2.12 bits per heavy atom. The second kappa shape index (κ2) is 7.93. The van der Waals surface area contributed by atoms with Crippen LogP contribution in [0.5, 0.6) is 0 Å². The van der Waals surface area contributed by atoms with Gasteiger partial charge in [-0.25, -0.2) is 4.98 Å². The molecular weight excluding hydrogens is 300 g/mol. The summed E-state index contributed by atoms with van der Waals surface area (Å²) in [5.74, 6) is 0.301. The van der Waals surface area contributed by atoms with Crippen LogP contribution in [-0.4, -0.2) is 41.5 Å². The monoisotopic (exact) mass is 324 g/mol. The zero-order valence-corrected chi connectivity index (χ0v) is 13.8. The average molecular weight is 324 g/mol. The number of pyridine rings is 1. The van der Waals surface area contributed by atoms with Crippen LogP contribution in [0, 0.1) is 0 Å². The molecular formula is C19H24N4O. The molecule has 0 radical (unpaired) electrons. The summed E-state index contributed by atoms with van der Waals surface area (Å²) in [5, 5.41) is 3.13. The van der Waals surface area contributed by atoms with Gasteiger partial charge in [-0.2, -0.15) is 0 Å². The molecule has 1 aliphatic heterocycles. The number of aromatic nitrogens is 1. The van der Waals surface area contributed by atoms with E-state index in [-0.39, 0.29) is 11.9 Å². The van der Waals surface area contributed by atoms with E-state index in [0.717, 1.165) is 38.9 Å². The van der Waals surface area contributed by atoms with Crippen molar-refractivity contribution in [3.05, 3.63) is 59.8 Å². The van der Waals surface area contributed by atoms with Gasteiger partial charge in [0.1, 0.15) is 5.82 Å². The summed E-state index contributed by atoms with van der Waals surface area (Å²) < 4.78 is 0. The molecule has 0 saturated carbocycles. The number of carbonyl (C=O) groups is 1. The molecule has 1 unspecified atom stereocenters. The molecule has 3 rings (SSSR count). The smallest absolute Gasteiger partial charge is 0.251 e. The van der Waals surface area contributed by atoms with Crippen LogP contribution in [-0.2, 0) is 6.42 Å². The number of piperidine rings is 1. The number of hydrogen-bond donors (Lipinski definition) is 2. The van der Waals surface area contributed by atoms with Gasteiger partial charge >= 0.3 is 0 Å². The number of carbonyl (C=O) groups excluding carboxylic acids is 1. The molecule has 24 heavy (non-hydrogen) atoms. The minimum absolute atomic E-state index is 0.0704. The summed E-state index contributed by atoms with van der Waals surface area (Å²) in [4.78, 5) is 18.7. The van der Waals surface area contributed by atoms with Crippen LogP contribution in [0.1, 0.15) is 28.8 Å². The van der Waals surface area contributed by atoms with Crippen molar-refractivity contribution in [2.75, 3.05) is 25.4 Å². The highest BCUT2D eigenvalue weighted by atomic mass is 16.1. The first-order valence-corrected chi connectivity index (χ1v) is 8.49. The van der Waals surface area contributed by atoms with E-state index in [1.54, 1.807) is 18.3 Å². The Kier molecular flexibility index (Phi) is 5.43. The van der Waals surface area contributed by atoms with Gasteiger partial charge in [-0.15, -0.1) is 0 Å². The Morgan fingerprint density at radius 1 is 1.29 bits per heavy atom. The van der Waals surface area contributed by atoms with Gasteiger partial charge in [0.05, 0.1) is 0 Å². The van der Waals surface area contributed by atoms with E-state index >= 15 is 0 Å². The topological polar surface area (TPSA) is 71.2 Å². The zero-order chi connectivity index (χ0) is 16.8. The molecule has 126 valence electrons. The van der Waals surface area contributed by atoms with Crippen molar-refractivity contribution in [2.45, 2.75) is 25.3 Å². The highest BCUT2D eigenvalue weighted by Gasteiger charge is 2.21. The molecule has 0 aliphatic carbocycles. The van der Waals surface area contributed by atoms with Gasteiger partial charge < -0.3 is 16.0 Å². The maximum atomic E-state index is 12.3. The zero-order valence-electron chi connectivity index (χ0n) is 13.8. The number of nitrogens with zero attached hydrogens (tertiary/aromatic N) is 2. The van der Waals surface area contributed by atoms with Crippen molar-refractivity contribution in [3.8, 4) is 0 Å². The predicted octanol–water partition coefficient (Wildman–Crippen LogP) is 2.10. The Labute approximate surface area is 142 Å². The van der Waals surface area contributed by atoms with E-state index in [2.05, 4.69) is 39.5 Å². The Balaban J connectivity index is 1.51. The predicted molar refractivity (Wildman–Crippen MR) is 95.7 cm³/mol. The van der Waals surface area contributed by atoms with Crippen LogP contribution in [0.2, 0.25) is 0 Å². The molecule has 1 amide bonds. The van der Waals surface area contributed by atoms with Gasteiger partial charge in [0.25, 0.3) is 5.91 Å². The van der Waals surface area contributed by atoms with Crippen LogP contribution < -0.4 is 11.1 Å². The van der Waals surface area contributed by atoms with Gasteiger partial charge in [-0.3, -0.25) is 4.79 Å². The quantitative estimate of drug-likeness (QED) is 0.883. The number of nitrogens with one attached hydrogen (secondary N) is 1. The number of hydrogen-bond acceptors (Lipinski definition) is 4. The molecule has 5 nitrogen and oxygen atoms in total. The van der Waals surface area contributed by atoms with Crippen molar-refractivity contribution in [3.63, 3.8) is 0 Å². The summed E-state index contributed by atoms with van der Waals surface area (Å²) in [6.07, 6.45) is 4.74. The molecule has 1 atom stereocenters. The third kappa shape index (κ3) is 4.55. The lowest BCUT2D eigenvalue weighted by atomic mass is 10.0. The molecule has 1 aliphatic rings. The van der Waals surface area contributed by atoms with Crippen LogP contribution >= 0.6 is 0 Å². The number of rotatable bonds is 5. The number of nitrogens with two attached hydrogens (primary N) is 1. The molecule has 0 bridgehead atoms. The number of nitrogen functional groups attached to an aromatic ring is 1. The van der Waals surface area contributed by atoms with Gasteiger partial charge in [0.2, 0.25) is 0 Å². The van der Waals surface area contributed by atoms with Crippen molar-refractivity contribution in [1.82, 2.24) is 15.2 Å². The van der Waals surface area contributed by atoms with Crippen LogP contribution in [0.4, 0.5) is 5.82 Å². The first kappa shape index (κ1) is 16.5. The maximum Gasteiger partial charge on any atom is 0.251 e. The lowest BCUT2D eigenvalue weighted by Crippen LogP contribution is -2.48. The molecule has 2 heterocycles. The van der Waals surface area contributed by atoms with Gasteiger partial charge in [-0.05, 0) is 43.5 Å². The third-order valence-electron chi connectivity index (χ3n) is 4.44. The van der Waals surface area contributed by atoms with Gasteiger partial charge in [0.15, 0.2) is 0 Å². The van der Waals surface area contributed by atoms with Crippen LogP contribution in [0.15, 0.2) is 48.7 Å². The lowest BCUT2D eigenvalue weighted by Gasteiger charge is -2.33. The lowest BCUT2D eigenvalue weighted by molar-refractivity contribution is 0.0904. The molecule has 2 aromatic rings. The van der Waals surface area contributed by atoms with Crippen molar-refractivity contribution in [2.24, 2.45) is 0 Å². The molecule has 1 fully saturated rings. The summed E-state index contributed by atoms with van der Waals surface area (Å²) in [5.41, 5.74) is 7.58. The minimum atomic E-state index is -0.0704. The normalized spacial score (nSPS) is 18.2. The third-order valence-corrected chi connectivity index (χ3v) is 4.44. The summed E-state index contributed by atoms with van der Waals surface area (Å²) in [7, 11) is 0. The molecule has 1 aromatic carbocycles. The first-order valence-electron chi connectivity index (χ1n) is 8.49. The van der Waals surface area contributed by atoms with E-state index < -0.39 is 0 Å². The van der Waals surface area contributed by atoms with E-state index in [9.17, 15) is 4.79 Å². The Morgan fingerprint density at radius 3 is 2.92 bits per heavy atom. The number of likely N-dealkylation sites (tertiary alicyclic amines) is 1. The maximum absolute atomic E-state index is 12.3. The van der Waals surface area contributed by atoms with Crippen LogP contribution in [0.3, 0.4) is 0 Å². The molecule has 1 saturated heterocycles. The number of benzene rings is 1. The fourth-order valence-electron chi connectivity index (χ4n) is 3.17. The fraction of sp³-hybridized carbons (Fsp3) is 0.368. The van der Waals surface area contributed by atoms with Gasteiger partial charge in [0, 0.05) is 30.9 Å². The largest absolute Gasteiger partial charge is 0.384 e. The minimum Gasteiger partial charge on any atom is -0.384 e. The van der Waals surface area contributed by atoms with Crippen molar-refractivity contribution < 1.29 is 4.79 Å². The summed E-state index contributed by atoms with van der Waals surface area (Å²) >= 11 is 0. The second-order valence-electron chi connectivity index (χ2n) is 6.32. The van der Waals surface area contributed by atoms with Crippen molar-refractivity contribution in [1.29, 1.82) is 0 Å². The Hall–Kier alpha value is -2.40. The van der Waals surface area contributed by atoms with E-state index in [1.165, 1.54) is 5.56 Å². The number of anilines is 1. The molecule has 3 N–H and O–H groups in total. The highest BCUT2D eigenvalue weighted by molar-refractivity contribution is 5.94. The standard InChI is InChI=1S/C19H24N4O/c20-18-13-16(8-10-21-18)19(24)22-17-7-4-11-23(14-17)12-9-15-5-2-1-3-6-15/h1-3,5-6,8,10,13,17H,4,7,9,11-12,14H2,(H2,20,21)(H,22,24). The summed E-state index contributed by atoms with van der Waals surface area (Å²) in [6.45, 7) is 3.03. The van der Waals surface area contributed by atoms with Gasteiger partial charge in [-0.1, -0.05) is 30.3 Å². The fourth-order valence-corrected chi connectivity index (χ4v) is 3.17. The first-order chi connectivity index (χ1) is 11.7. The molecule has 5 heteroatoms. The van der Waals surface area contributed by atoms with Crippen LogP contribution in [0.25, 0.3) is 0 Å². The Bertz CT molecular complexity index is 674. The van der Waals surface area contributed by atoms with Crippen molar-refractivity contribution >= 4 is 11.7 Å². The second-order valence-corrected chi connectivity index (χ2v) is 6.32. The van der Waals surface area contributed by atoms with E-state index in [4.69, 9.17) is 5.73 Å². The molecule has 1 aromatic heterocycles. The SMILES string of the molecule is Nc1cc(C(=O)NC2CCCN(CCc3ccccc3)C2)ccn1. The molecule has 0 spiro atoms. The average Bonchev–Trinajstić information content (AvgIpc) is 2.61. The summed E-state index contributed by atoms with van der Waals surface area (Å²) in [6, 6.07) is 14.0.